The van der Waals surface area contributed by atoms with Gasteiger partial charge in [0.15, 0.2) is 0 Å². The third kappa shape index (κ3) is 18.9. The van der Waals surface area contributed by atoms with Crippen molar-refractivity contribution in [2.75, 3.05) is 12.3 Å². The number of hydrogen-bond donors (Lipinski definition) is 1. The molecule has 1 atom stereocenters. The molecule has 1 heterocycles. The van der Waals surface area contributed by atoms with Crippen LogP contribution in [0.5, 0.6) is 0 Å². The zero-order valence-electron chi connectivity index (χ0n) is 20.1. The van der Waals surface area contributed by atoms with Crippen LogP contribution in [-0.2, 0) is 4.79 Å². The molecule has 1 saturated heterocycles. The molecule has 1 unspecified atom stereocenters. The summed E-state index contributed by atoms with van der Waals surface area (Å²) in [6, 6.07) is 0. The lowest BCUT2D eigenvalue weighted by Crippen LogP contribution is -2.24. The summed E-state index contributed by atoms with van der Waals surface area (Å²) in [5.74, 6) is 1.58. The minimum atomic E-state index is 0.268. The maximum atomic E-state index is 11.9. The molecule has 0 bridgehead atoms. The summed E-state index contributed by atoms with van der Waals surface area (Å²) in [5.41, 5.74) is 0. The quantitative estimate of drug-likeness (QED) is 0.130. The summed E-state index contributed by atoms with van der Waals surface area (Å²) < 4.78 is 0. The van der Waals surface area contributed by atoms with E-state index >= 15 is 0 Å². The molecule has 0 spiro atoms. The molecule has 1 fully saturated rings. The second-order valence-electron chi connectivity index (χ2n) is 9.23. The molecule has 1 rings (SSSR count). The fraction of sp³-hybridized carbons (Fsp3) is 0.962. The van der Waals surface area contributed by atoms with Gasteiger partial charge in [-0.05, 0) is 25.7 Å². The van der Waals surface area contributed by atoms with E-state index in [9.17, 15) is 4.79 Å². The molecule has 4 heteroatoms. The lowest BCUT2D eigenvalue weighted by Gasteiger charge is -2.07. The van der Waals surface area contributed by atoms with Crippen LogP contribution in [0, 0.1) is 0 Å². The van der Waals surface area contributed by atoms with Crippen LogP contribution < -0.4 is 5.32 Å². The van der Waals surface area contributed by atoms with Gasteiger partial charge in [-0.3, -0.25) is 4.79 Å². The van der Waals surface area contributed by atoms with Gasteiger partial charge in [-0.15, -0.1) is 0 Å². The highest BCUT2D eigenvalue weighted by atomic mass is 33.1. The molecule has 0 aromatic heterocycles. The molecule has 0 saturated carbocycles. The van der Waals surface area contributed by atoms with Gasteiger partial charge in [0, 0.05) is 24.0 Å². The van der Waals surface area contributed by atoms with Crippen LogP contribution in [0.4, 0.5) is 0 Å². The highest BCUT2D eigenvalue weighted by molar-refractivity contribution is 8.77. The van der Waals surface area contributed by atoms with Crippen molar-refractivity contribution in [2.45, 2.75) is 147 Å². The first-order chi connectivity index (χ1) is 14.8. The lowest BCUT2D eigenvalue weighted by atomic mass is 10.0. The molecule has 0 radical (unpaired) electrons. The number of carbonyl (C=O) groups is 1. The SMILES string of the molecule is CCCCCCCCCCCCCCCCCCNC(=O)CCCCC1CCSS1. The van der Waals surface area contributed by atoms with Crippen molar-refractivity contribution < 1.29 is 4.79 Å². The van der Waals surface area contributed by atoms with Crippen molar-refractivity contribution in [3.05, 3.63) is 0 Å². The zero-order valence-corrected chi connectivity index (χ0v) is 21.7. The van der Waals surface area contributed by atoms with Crippen LogP contribution in [0.1, 0.15) is 142 Å². The number of carbonyl (C=O) groups excluding carboxylic acids is 1. The Hall–Kier alpha value is 0.170. The molecule has 0 aromatic carbocycles. The van der Waals surface area contributed by atoms with Gasteiger partial charge in [0.2, 0.25) is 5.91 Å². The Kier molecular flexibility index (Phi) is 21.0. The number of rotatable bonds is 22. The fourth-order valence-corrected chi connectivity index (χ4v) is 7.24. The van der Waals surface area contributed by atoms with E-state index in [0.717, 1.165) is 31.1 Å². The maximum absolute atomic E-state index is 11.9. The Morgan fingerprint density at radius 1 is 0.733 bits per heavy atom. The normalized spacial score (nSPS) is 16.2. The number of hydrogen-bond acceptors (Lipinski definition) is 3. The Morgan fingerprint density at radius 2 is 1.27 bits per heavy atom. The summed E-state index contributed by atoms with van der Waals surface area (Å²) in [4.78, 5) is 11.9. The predicted octanol–water partition coefficient (Wildman–Crippen LogP) is 9.08. The third-order valence-corrected chi connectivity index (χ3v) is 9.27. The average Bonchev–Trinajstić information content (AvgIpc) is 3.27. The number of amides is 1. The highest BCUT2D eigenvalue weighted by Gasteiger charge is 2.15. The topological polar surface area (TPSA) is 29.1 Å². The summed E-state index contributed by atoms with van der Waals surface area (Å²) in [6.45, 7) is 3.17. The Morgan fingerprint density at radius 3 is 1.77 bits per heavy atom. The predicted molar refractivity (Wildman–Crippen MR) is 139 cm³/mol. The van der Waals surface area contributed by atoms with Crippen LogP contribution in [0.15, 0.2) is 0 Å². The van der Waals surface area contributed by atoms with Gasteiger partial charge in [-0.1, -0.05) is 131 Å². The van der Waals surface area contributed by atoms with Crippen molar-refractivity contribution in [3.8, 4) is 0 Å². The Bertz CT molecular complexity index is 372. The van der Waals surface area contributed by atoms with E-state index in [1.807, 2.05) is 10.8 Å². The van der Waals surface area contributed by atoms with Crippen LogP contribution in [-0.4, -0.2) is 23.5 Å². The number of unbranched alkanes of at least 4 members (excludes halogenated alkanes) is 16. The second-order valence-corrected chi connectivity index (χ2v) is 12.0. The minimum Gasteiger partial charge on any atom is -0.356 e. The third-order valence-electron chi connectivity index (χ3n) is 6.26. The minimum absolute atomic E-state index is 0.268. The summed E-state index contributed by atoms with van der Waals surface area (Å²) in [5, 5.41) is 3.96. The van der Waals surface area contributed by atoms with Gasteiger partial charge in [-0.2, -0.15) is 0 Å². The summed E-state index contributed by atoms with van der Waals surface area (Å²) >= 11 is 0. The van der Waals surface area contributed by atoms with E-state index < -0.39 is 0 Å². The molecule has 1 amide bonds. The van der Waals surface area contributed by atoms with Crippen molar-refractivity contribution in [1.29, 1.82) is 0 Å². The van der Waals surface area contributed by atoms with Gasteiger partial charge in [0.05, 0.1) is 0 Å². The van der Waals surface area contributed by atoms with E-state index in [-0.39, 0.29) is 5.91 Å². The maximum Gasteiger partial charge on any atom is 0.219 e. The van der Waals surface area contributed by atoms with Gasteiger partial charge in [-0.25, -0.2) is 0 Å². The molecule has 178 valence electrons. The molecule has 1 N–H and O–H groups in total. The summed E-state index contributed by atoms with van der Waals surface area (Å²) in [7, 11) is 4.06. The largest absolute Gasteiger partial charge is 0.356 e. The smallest absolute Gasteiger partial charge is 0.219 e. The van der Waals surface area contributed by atoms with Crippen LogP contribution in [0.2, 0.25) is 0 Å². The fourth-order valence-electron chi connectivity index (χ4n) is 4.21. The van der Waals surface area contributed by atoms with E-state index in [0.29, 0.717) is 0 Å². The van der Waals surface area contributed by atoms with Crippen molar-refractivity contribution >= 4 is 27.5 Å². The molecule has 2 nitrogen and oxygen atoms in total. The molecule has 1 aliphatic heterocycles. The number of nitrogens with one attached hydrogen (secondary N) is 1. The standard InChI is InChI=1S/C26H51NOS2/c1-2-3-4-5-6-7-8-9-10-11-12-13-14-15-16-19-23-27-26(28)21-18-17-20-25-22-24-29-30-25/h25H,2-24H2,1H3,(H,27,28). The average molecular weight is 458 g/mol. The van der Waals surface area contributed by atoms with Crippen molar-refractivity contribution in [1.82, 2.24) is 5.32 Å². The first-order valence-corrected chi connectivity index (χ1v) is 15.8. The monoisotopic (exact) mass is 457 g/mol. The first-order valence-electron chi connectivity index (χ1n) is 13.4. The Labute approximate surface area is 196 Å². The van der Waals surface area contributed by atoms with Gasteiger partial charge in [0.1, 0.15) is 0 Å². The lowest BCUT2D eigenvalue weighted by molar-refractivity contribution is -0.121. The van der Waals surface area contributed by atoms with Gasteiger partial charge in [0.25, 0.3) is 0 Å². The molecule has 0 aliphatic carbocycles. The Balaban J connectivity index is 1.68. The highest BCUT2D eigenvalue weighted by Crippen LogP contribution is 2.39. The van der Waals surface area contributed by atoms with Crippen molar-refractivity contribution in [2.24, 2.45) is 0 Å². The molecular formula is C26H51NOS2. The van der Waals surface area contributed by atoms with Crippen molar-refractivity contribution in [3.63, 3.8) is 0 Å². The van der Waals surface area contributed by atoms with E-state index in [4.69, 9.17) is 0 Å². The van der Waals surface area contributed by atoms with E-state index in [2.05, 4.69) is 23.0 Å². The second kappa shape index (κ2) is 22.4. The van der Waals surface area contributed by atoms with E-state index in [1.54, 1.807) is 0 Å². The molecule has 1 aliphatic rings. The molecular weight excluding hydrogens is 406 g/mol. The zero-order chi connectivity index (χ0) is 21.5. The first kappa shape index (κ1) is 28.2. The summed E-state index contributed by atoms with van der Waals surface area (Å²) in [6.07, 6.45) is 28.0. The molecule has 30 heavy (non-hydrogen) atoms. The van der Waals surface area contributed by atoms with Crippen LogP contribution in [0.3, 0.4) is 0 Å². The van der Waals surface area contributed by atoms with Gasteiger partial charge < -0.3 is 5.32 Å². The molecule has 0 aromatic rings. The van der Waals surface area contributed by atoms with Crippen LogP contribution in [0.25, 0.3) is 0 Å². The van der Waals surface area contributed by atoms with E-state index in [1.165, 1.54) is 121 Å². The van der Waals surface area contributed by atoms with Gasteiger partial charge >= 0.3 is 0 Å². The van der Waals surface area contributed by atoms with Crippen LogP contribution >= 0.6 is 21.6 Å².